The third-order valence-electron chi connectivity index (χ3n) is 5.65. The Morgan fingerprint density at radius 1 is 1.23 bits per heavy atom. The summed E-state index contributed by atoms with van der Waals surface area (Å²) in [5.74, 6) is 0.600. The molecule has 166 valence electrons. The topological polar surface area (TPSA) is 106 Å². The summed E-state index contributed by atoms with van der Waals surface area (Å²) in [4.78, 5) is 46.5. The number of imidazole rings is 1. The van der Waals surface area contributed by atoms with Gasteiger partial charge >= 0.3 is 6.09 Å². The molecule has 2 aromatic heterocycles. The van der Waals surface area contributed by atoms with Crippen molar-refractivity contribution >= 4 is 35.3 Å². The largest absolute Gasteiger partial charge is 0.443 e. The van der Waals surface area contributed by atoms with Crippen LogP contribution in [0.15, 0.2) is 17.6 Å². The van der Waals surface area contributed by atoms with Crippen molar-refractivity contribution in [3.63, 3.8) is 0 Å². The number of hydrogen-bond donors (Lipinski definition) is 0. The van der Waals surface area contributed by atoms with Gasteiger partial charge in [-0.2, -0.15) is 0 Å². The average molecular weight is 428 g/mol. The minimum Gasteiger partial charge on any atom is -0.443 e. The minimum atomic E-state index is -0.674. The maximum atomic E-state index is 12.9. The van der Waals surface area contributed by atoms with E-state index in [2.05, 4.69) is 19.9 Å². The first kappa shape index (κ1) is 21.2. The van der Waals surface area contributed by atoms with E-state index in [0.29, 0.717) is 23.4 Å². The lowest BCUT2D eigenvalue weighted by atomic mass is 9.76. The van der Waals surface area contributed by atoms with E-state index >= 15 is 0 Å². The van der Waals surface area contributed by atoms with Gasteiger partial charge in [-0.3, -0.25) is 4.79 Å². The molecule has 1 saturated carbocycles. The lowest BCUT2D eigenvalue weighted by Crippen LogP contribution is -2.56. The van der Waals surface area contributed by atoms with Crippen molar-refractivity contribution in [2.45, 2.75) is 64.1 Å². The number of imide groups is 1. The summed E-state index contributed by atoms with van der Waals surface area (Å²) in [6, 6.07) is -0.422. The van der Waals surface area contributed by atoms with Crippen molar-refractivity contribution in [2.75, 3.05) is 14.1 Å². The summed E-state index contributed by atoms with van der Waals surface area (Å²) in [6.45, 7) is 5.41. The maximum Gasteiger partial charge on any atom is 0.417 e. The van der Waals surface area contributed by atoms with Crippen molar-refractivity contribution in [1.29, 1.82) is 0 Å². The fourth-order valence-corrected chi connectivity index (χ4v) is 4.43. The first-order valence-electron chi connectivity index (χ1n) is 10.6. The van der Waals surface area contributed by atoms with Gasteiger partial charge < -0.3 is 14.2 Å². The number of aliphatic imine (C=N–C) groups is 1. The minimum absolute atomic E-state index is 0.126. The van der Waals surface area contributed by atoms with E-state index in [1.54, 1.807) is 33.4 Å². The van der Waals surface area contributed by atoms with E-state index in [-0.39, 0.29) is 23.9 Å². The molecule has 0 aromatic carbocycles. The Balaban J connectivity index is 1.70. The van der Waals surface area contributed by atoms with Crippen LogP contribution in [-0.4, -0.2) is 73.4 Å². The summed E-state index contributed by atoms with van der Waals surface area (Å²) in [5.41, 5.74) is 0.562. The van der Waals surface area contributed by atoms with E-state index in [4.69, 9.17) is 4.74 Å². The monoisotopic (exact) mass is 427 g/mol. The molecule has 1 aliphatic heterocycles. The molecule has 0 radical (unpaired) electrons. The lowest BCUT2D eigenvalue weighted by molar-refractivity contribution is -0.140. The van der Waals surface area contributed by atoms with Gasteiger partial charge in [-0.1, -0.05) is 0 Å². The highest BCUT2D eigenvalue weighted by atomic mass is 16.6. The van der Waals surface area contributed by atoms with Crippen LogP contribution in [-0.2, 0) is 9.53 Å². The Hall–Kier alpha value is -3.04. The summed E-state index contributed by atoms with van der Waals surface area (Å²) in [6.07, 6.45) is 7.15. The van der Waals surface area contributed by atoms with E-state index in [9.17, 15) is 9.59 Å². The molecule has 10 heteroatoms. The number of carbonyl (C=O) groups is 2. The highest BCUT2D eigenvalue weighted by molar-refractivity contribution is 5.93. The van der Waals surface area contributed by atoms with Crippen molar-refractivity contribution in [3.05, 3.63) is 12.7 Å². The molecule has 1 aliphatic carbocycles. The number of rotatable bonds is 3. The Kier molecular flexibility index (Phi) is 5.40. The predicted octanol–water partition coefficient (Wildman–Crippen LogP) is 2.92. The van der Waals surface area contributed by atoms with Gasteiger partial charge in [-0.25, -0.2) is 29.6 Å². The molecule has 2 aliphatic rings. The fourth-order valence-electron chi connectivity index (χ4n) is 4.43. The summed E-state index contributed by atoms with van der Waals surface area (Å²) < 4.78 is 7.52. The van der Waals surface area contributed by atoms with Crippen LogP contribution in [0.2, 0.25) is 0 Å². The number of amides is 2. The van der Waals surface area contributed by atoms with Gasteiger partial charge in [0.15, 0.2) is 17.0 Å². The van der Waals surface area contributed by atoms with Crippen molar-refractivity contribution < 1.29 is 14.3 Å². The number of fused-ring (bicyclic) bond motifs is 3. The molecular formula is C21H29N7O3. The number of hydrogen-bond acceptors (Lipinski definition) is 7. The first-order chi connectivity index (χ1) is 14.6. The zero-order valence-corrected chi connectivity index (χ0v) is 18.6. The quantitative estimate of drug-likeness (QED) is 0.548. The Morgan fingerprint density at radius 3 is 2.71 bits per heavy atom. The van der Waals surface area contributed by atoms with E-state index in [0.717, 1.165) is 19.3 Å². The number of ether oxygens (including phenoxy) is 1. The predicted molar refractivity (Wildman–Crippen MR) is 115 cm³/mol. The molecule has 4 rings (SSSR count). The molecular weight excluding hydrogens is 398 g/mol. The maximum absolute atomic E-state index is 12.9. The summed E-state index contributed by atoms with van der Waals surface area (Å²) in [5, 5.41) is 0. The van der Waals surface area contributed by atoms with E-state index in [1.807, 2.05) is 23.6 Å². The molecule has 31 heavy (non-hydrogen) atoms. The van der Waals surface area contributed by atoms with Crippen molar-refractivity contribution in [3.8, 4) is 0 Å². The summed E-state index contributed by atoms with van der Waals surface area (Å²) in [7, 11) is 3.76. The Morgan fingerprint density at radius 2 is 2.00 bits per heavy atom. The highest BCUT2D eigenvalue weighted by Gasteiger charge is 2.47. The molecule has 2 aromatic rings. The van der Waals surface area contributed by atoms with E-state index < -0.39 is 11.7 Å². The van der Waals surface area contributed by atoms with Crippen LogP contribution >= 0.6 is 0 Å². The van der Waals surface area contributed by atoms with Gasteiger partial charge in [0.2, 0.25) is 5.91 Å². The second-order valence-electron chi connectivity index (χ2n) is 9.49. The van der Waals surface area contributed by atoms with Crippen LogP contribution in [0.3, 0.4) is 0 Å². The highest BCUT2D eigenvalue weighted by Crippen LogP contribution is 2.42. The van der Waals surface area contributed by atoms with Crippen LogP contribution in [0.1, 0.15) is 52.5 Å². The van der Waals surface area contributed by atoms with Crippen LogP contribution in [0, 0.1) is 5.92 Å². The van der Waals surface area contributed by atoms with Crippen molar-refractivity contribution in [1.82, 2.24) is 29.3 Å². The average Bonchev–Trinajstić information content (AvgIpc) is 3.09. The molecule has 1 saturated heterocycles. The Bertz CT molecular complexity index is 1020. The second-order valence-corrected chi connectivity index (χ2v) is 9.49. The summed E-state index contributed by atoms with van der Waals surface area (Å²) >= 11 is 0. The Labute approximate surface area is 181 Å². The number of piperidine rings is 1. The van der Waals surface area contributed by atoms with E-state index in [1.165, 1.54) is 11.2 Å². The number of nitrogens with zero attached hydrogens (tertiary/aromatic N) is 7. The van der Waals surface area contributed by atoms with Gasteiger partial charge in [-0.05, 0) is 46.0 Å². The number of likely N-dealkylation sites (tertiary alicyclic amines) is 1. The van der Waals surface area contributed by atoms with Crippen LogP contribution in [0.4, 0.5) is 10.6 Å². The number of aromatic nitrogens is 4. The SMILES string of the molecule is CN(C)C=Nc1ncnc2c1ncn2[C@H]1CC[C@@H]2CC(=O)N(C(=O)OC(C)(C)C)[C@H]1C2. The zero-order valence-electron chi connectivity index (χ0n) is 18.6. The molecule has 0 N–H and O–H groups in total. The van der Waals surface area contributed by atoms with Gasteiger partial charge in [0.1, 0.15) is 11.9 Å². The first-order valence-corrected chi connectivity index (χ1v) is 10.6. The third kappa shape index (κ3) is 4.24. The van der Waals surface area contributed by atoms with Crippen molar-refractivity contribution in [2.24, 2.45) is 10.9 Å². The van der Waals surface area contributed by atoms with Gasteiger partial charge in [0.25, 0.3) is 0 Å². The normalized spacial score (nSPS) is 24.1. The molecule has 3 heterocycles. The zero-order chi connectivity index (χ0) is 22.3. The molecule has 2 bridgehead atoms. The molecule has 2 fully saturated rings. The van der Waals surface area contributed by atoms with Gasteiger partial charge in [0, 0.05) is 20.5 Å². The molecule has 2 amide bonds. The third-order valence-corrected chi connectivity index (χ3v) is 5.65. The van der Waals surface area contributed by atoms with Crippen LogP contribution in [0.5, 0.6) is 0 Å². The van der Waals surface area contributed by atoms with Gasteiger partial charge in [0.05, 0.1) is 24.7 Å². The molecule has 0 spiro atoms. The molecule has 3 atom stereocenters. The molecule has 0 unspecified atom stereocenters. The standard InChI is InChI=1S/C21H29N7O3/c1-21(2,3)31-20(30)28-15-8-13(9-16(28)29)6-7-14(15)27-12-24-17-18(25-11-26(4)5)22-10-23-19(17)27/h10-15H,6-9H2,1-5H3/t13-,14-,15-/m0/s1. The fraction of sp³-hybridized carbons (Fsp3) is 0.619. The van der Waals surface area contributed by atoms with Crippen LogP contribution in [0.25, 0.3) is 11.2 Å². The van der Waals surface area contributed by atoms with Gasteiger partial charge in [-0.15, -0.1) is 0 Å². The number of carbonyl (C=O) groups excluding carboxylic acids is 2. The van der Waals surface area contributed by atoms with Crippen LogP contribution < -0.4 is 0 Å². The smallest absolute Gasteiger partial charge is 0.417 e. The second kappa shape index (κ2) is 7.90. The molecule has 10 nitrogen and oxygen atoms in total. The lowest BCUT2D eigenvalue weighted by Gasteiger charge is -2.46.